The third kappa shape index (κ3) is 3.59. The lowest BCUT2D eigenvalue weighted by molar-refractivity contribution is -0.123. The van der Waals surface area contributed by atoms with Crippen LogP contribution in [0.1, 0.15) is 31.4 Å². The molecule has 2 N–H and O–H groups in total. The van der Waals surface area contributed by atoms with Gasteiger partial charge in [-0.2, -0.15) is 0 Å². The highest BCUT2D eigenvalue weighted by Crippen LogP contribution is 2.51. The van der Waals surface area contributed by atoms with Crippen LogP contribution in [0.4, 0.5) is 0 Å². The second kappa shape index (κ2) is 5.46. The van der Waals surface area contributed by atoms with E-state index >= 15 is 0 Å². The van der Waals surface area contributed by atoms with Crippen LogP contribution in [0.5, 0.6) is 0 Å². The molecule has 1 fully saturated rings. The normalized spacial score (nSPS) is 19.2. The number of carbonyl (C=O) groups is 1. The van der Waals surface area contributed by atoms with Gasteiger partial charge in [-0.25, -0.2) is 0 Å². The smallest absolute Gasteiger partial charge is 0.223 e. The van der Waals surface area contributed by atoms with E-state index in [9.17, 15) is 4.79 Å². The molecule has 1 aliphatic carbocycles. The Kier molecular flexibility index (Phi) is 3.92. The van der Waals surface area contributed by atoms with Crippen molar-refractivity contribution in [1.82, 2.24) is 5.32 Å². The van der Waals surface area contributed by atoms with Crippen LogP contribution in [0, 0.1) is 23.2 Å². The number of benzene rings is 1. The number of aliphatic hydroxyl groups excluding tert-OH is 1. The van der Waals surface area contributed by atoms with Crippen molar-refractivity contribution < 1.29 is 9.90 Å². The maximum atomic E-state index is 11.8. The van der Waals surface area contributed by atoms with Gasteiger partial charge in [0.05, 0.1) is 0 Å². The predicted molar refractivity (Wildman–Crippen MR) is 74.1 cm³/mol. The Morgan fingerprint density at radius 3 is 2.58 bits per heavy atom. The summed E-state index contributed by atoms with van der Waals surface area (Å²) in [6.07, 6.45) is 0.981. The van der Waals surface area contributed by atoms with Gasteiger partial charge < -0.3 is 10.4 Å². The van der Waals surface area contributed by atoms with E-state index in [2.05, 4.69) is 31.0 Å². The SMILES string of the molecule is CC1(C)CC1C(=O)NCc1ccc(C#CCO)cc1. The first-order valence-electron chi connectivity index (χ1n) is 6.49. The standard InChI is InChI=1S/C16H19NO2/c1-16(2)10-14(16)15(19)17-11-13-7-5-12(6-8-13)4-3-9-18/h5-8,14,18H,9-11H2,1-2H3,(H,17,19). The zero-order valence-corrected chi connectivity index (χ0v) is 11.4. The van der Waals surface area contributed by atoms with Gasteiger partial charge in [0.15, 0.2) is 0 Å². The third-order valence-electron chi connectivity index (χ3n) is 3.56. The Morgan fingerprint density at radius 1 is 1.42 bits per heavy atom. The molecule has 1 saturated carbocycles. The maximum absolute atomic E-state index is 11.8. The number of nitrogens with one attached hydrogen (secondary N) is 1. The van der Waals surface area contributed by atoms with Gasteiger partial charge in [0.25, 0.3) is 0 Å². The van der Waals surface area contributed by atoms with E-state index in [-0.39, 0.29) is 23.8 Å². The van der Waals surface area contributed by atoms with Crippen molar-refractivity contribution in [1.29, 1.82) is 0 Å². The fourth-order valence-corrected chi connectivity index (χ4v) is 2.07. The van der Waals surface area contributed by atoms with Gasteiger partial charge in [-0.15, -0.1) is 0 Å². The number of carbonyl (C=O) groups excluding carboxylic acids is 1. The van der Waals surface area contributed by atoms with E-state index in [1.54, 1.807) is 0 Å². The zero-order chi connectivity index (χ0) is 13.9. The van der Waals surface area contributed by atoms with E-state index < -0.39 is 0 Å². The van der Waals surface area contributed by atoms with Gasteiger partial charge in [-0.1, -0.05) is 37.8 Å². The van der Waals surface area contributed by atoms with Crippen LogP contribution >= 0.6 is 0 Å². The van der Waals surface area contributed by atoms with Crippen LogP contribution in [-0.2, 0) is 11.3 Å². The molecule has 0 bridgehead atoms. The first kappa shape index (κ1) is 13.6. The first-order chi connectivity index (χ1) is 9.03. The van der Waals surface area contributed by atoms with Crippen molar-refractivity contribution in [3.63, 3.8) is 0 Å². The summed E-state index contributed by atoms with van der Waals surface area (Å²) in [7, 11) is 0. The van der Waals surface area contributed by atoms with Crippen LogP contribution in [0.2, 0.25) is 0 Å². The van der Waals surface area contributed by atoms with Crippen molar-refractivity contribution in [3.8, 4) is 11.8 Å². The second-order valence-electron chi connectivity index (χ2n) is 5.62. The van der Waals surface area contributed by atoms with Gasteiger partial charge in [0.2, 0.25) is 5.91 Å². The molecule has 3 heteroatoms. The molecule has 0 spiro atoms. The lowest BCUT2D eigenvalue weighted by Crippen LogP contribution is -2.25. The quantitative estimate of drug-likeness (QED) is 0.810. The van der Waals surface area contributed by atoms with Crippen LogP contribution in [-0.4, -0.2) is 17.6 Å². The average molecular weight is 257 g/mol. The highest BCUT2D eigenvalue weighted by atomic mass is 16.2. The number of aliphatic hydroxyl groups is 1. The molecule has 0 heterocycles. The van der Waals surface area contributed by atoms with Crippen LogP contribution in [0.3, 0.4) is 0 Å². The molecule has 0 aromatic heterocycles. The minimum Gasteiger partial charge on any atom is -0.384 e. The Hall–Kier alpha value is -1.79. The van der Waals surface area contributed by atoms with Crippen LogP contribution in [0.15, 0.2) is 24.3 Å². The first-order valence-corrected chi connectivity index (χ1v) is 6.49. The molecular weight excluding hydrogens is 238 g/mol. The van der Waals surface area contributed by atoms with Crippen molar-refractivity contribution in [2.75, 3.05) is 6.61 Å². The molecule has 1 aromatic rings. The predicted octanol–water partition coefficient (Wildman–Crippen LogP) is 1.69. The monoisotopic (exact) mass is 257 g/mol. The van der Waals surface area contributed by atoms with Crippen LogP contribution in [0.25, 0.3) is 0 Å². The van der Waals surface area contributed by atoms with E-state index in [0.29, 0.717) is 6.54 Å². The summed E-state index contributed by atoms with van der Waals surface area (Å²) >= 11 is 0. The Balaban J connectivity index is 1.85. The Bertz CT molecular complexity index is 520. The minimum absolute atomic E-state index is 0.130. The summed E-state index contributed by atoms with van der Waals surface area (Å²) < 4.78 is 0. The van der Waals surface area contributed by atoms with E-state index in [4.69, 9.17) is 5.11 Å². The molecule has 1 aliphatic rings. The highest BCUT2D eigenvalue weighted by Gasteiger charge is 2.50. The molecular formula is C16H19NO2. The van der Waals surface area contributed by atoms with Crippen LogP contribution < -0.4 is 5.32 Å². The highest BCUT2D eigenvalue weighted by molar-refractivity contribution is 5.82. The van der Waals surface area contributed by atoms with Gasteiger partial charge in [0, 0.05) is 18.0 Å². The van der Waals surface area contributed by atoms with Gasteiger partial charge in [-0.05, 0) is 29.5 Å². The van der Waals surface area contributed by atoms with Crippen molar-refractivity contribution in [2.24, 2.45) is 11.3 Å². The summed E-state index contributed by atoms with van der Waals surface area (Å²) in [6.45, 7) is 4.66. The zero-order valence-electron chi connectivity index (χ0n) is 11.4. The molecule has 0 aliphatic heterocycles. The molecule has 3 nitrogen and oxygen atoms in total. The Morgan fingerprint density at radius 2 is 2.05 bits per heavy atom. The lowest BCUT2D eigenvalue weighted by atomic mass is 10.1. The third-order valence-corrected chi connectivity index (χ3v) is 3.56. The number of hydrogen-bond donors (Lipinski definition) is 2. The molecule has 2 rings (SSSR count). The van der Waals surface area contributed by atoms with Gasteiger partial charge in [0.1, 0.15) is 6.61 Å². The largest absolute Gasteiger partial charge is 0.384 e. The molecule has 1 unspecified atom stereocenters. The summed E-state index contributed by atoms with van der Waals surface area (Å²) in [5.41, 5.74) is 2.10. The fraction of sp³-hybridized carbons (Fsp3) is 0.438. The molecule has 1 atom stereocenters. The maximum Gasteiger partial charge on any atom is 0.223 e. The molecule has 1 amide bonds. The van der Waals surface area contributed by atoms with Crippen molar-refractivity contribution in [2.45, 2.75) is 26.8 Å². The number of hydrogen-bond acceptors (Lipinski definition) is 2. The van der Waals surface area contributed by atoms with E-state index in [0.717, 1.165) is 17.5 Å². The summed E-state index contributed by atoms with van der Waals surface area (Å²) in [5, 5.41) is 11.6. The fourth-order valence-electron chi connectivity index (χ4n) is 2.07. The second-order valence-corrected chi connectivity index (χ2v) is 5.62. The van der Waals surface area contributed by atoms with Crippen molar-refractivity contribution in [3.05, 3.63) is 35.4 Å². The van der Waals surface area contributed by atoms with Gasteiger partial charge in [-0.3, -0.25) is 4.79 Å². The molecule has 19 heavy (non-hydrogen) atoms. The van der Waals surface area contributed by atoms with Crippen molar-refractivity contribution >= 4 is 5.91 Å². The van der Waals surface area contributed by atoms with E-state index in [1.807, 2.05) is 24.3 Å². The number of amides is 1. The molecule has 0 radical (unpaired) electrons. The topological polar surface area (TPSA) is 49.3 Å². The summed E-state index contributed by atoms with van der Waals surface area (Å²) in [5.74, 6) is 5.76. The average Bonchev–Trinajstić information content (AvgIpc) is 3.04. The molecule has 100 valence electrons. The summed E-state index contributed by atoms with van der Waals surface area (Å²) in [4.78, 5) is 11.8. The Labute approximate surface area is 114 Å². The van der Waals surface area contributed by atoms with Gasteiger partial charge >= 0.3 is 0 Å². The minimum atomic E-state index is -0.130. The molecule has 1 aromatic carbocycles. The number of rotatable bonds is 3. The molecule has 0 saturated heterocycles. The summed E-state index contributed by atoms with van der Waals surface area (Å²) in [6, 6.07) is 7.68. The van der Waals surface area contributed by atoms with E-state index in [1.165, 1.54) is 0 Å². The lowest BCUT2D eigenvalue weighted by Gasteiger charge is -2.06.